The minimum Gasteiger partial charge on any atom is -0.461 e. The molecule has 2 bridgehead atoms. The van der Waals surface area contributed by atoms with Crippen LogP contribution in [0.1, 0.15) is 26.7 Å². The summed E-state index contributed by atoms with van der Waals surface area (Å²) in [6.07, 6.45) is 5.02. The van der Waals surface area contributed by atoms with Crippen molar-refractivity contribution in [2.75, 3.05) is 13.2 Å². The summed E-state index contributed by atoms with van der Waals surface area (Å²) < 4.78 is 10.4. The first-order valence-electron chi connectivity index (χ1n) is 7.50. The molecule has 4 heteroatoms. The molecule has 21 heavy (non-hydrogen) atoms. The Hall–Kier alpha value is -1.58. The Bertz CT molecular complexity index is 412. The third-order valence-electron chi connectivity index (χ3n) is 5.19. The molecule has 4 nitrogen and oxygen atoms in total. The predicted molar refractivity (Wildman–Crippen MR) is 79.3 cm³/mol. The molecule has 0 aliphatic heterocycles. The van der Waals surface area contributed by atoms with Crippen molar-refractivity contribution in [2.24, 2.45) is 29.1 Å². The molecule has 0 saturated heterocycles. The first-order valence-corrected chi connectivity index (χ1v) is 7.50. The molecule has 0 amide bonds. The molecule has 2 aliphatic carbocycles. The van der Waals surface area contributed by atoms with Crippen LogP contribution in [-0.4, -0.2) is 25.2 Å². The van der Waals surface area contributed by atoms with Gasteiger partial charge in [0.05, 0.1) is 11.8 Å². The highest BCUT2D eigenvalue weighted by atomic mass is 16.5. The van der Waals surface area contributed by atoms with E-state index in [1.54, 1.807) is 12.2 Å². The van der Waals surface area contributed by atoms with Crippen molar-refractivity contribution in [3.63, 3.8) is 0 Å². The van der Waals surface area contributed by atoms with Gasteiger partial charge < -0.3 is 9.47 Å². The zero-order valence-corrected chi connectivity index (χ0v) is 12.8. The Balaban J connectivity index is 2.22. The van der Waals surface area contributed by atoms with Gasteiger partial charge >= 0.3 is 11.9 Å². The molecule has 4 unspecified atom stereocenters. The standard InChI is InChI=1S/C17H24O4/c1-5-9-20-15(18)13-11-7-8-12(17(11,3)4)14(13)16(19)21-10-6-2/h5-6,11-14H,1-2,7-10H2,3-4H3. The van der Waals surface area contributed by atoms with E-state index in [9.17, 15) is 9.59 Å². The van der Waals surface area contributed by atoms with Crippen LogP contribution < -0.4 is 0 Å². The fraction of sp³-hybridized carbons (Fsp3) is 0.647. The summed E-state index contributed by atoms with van der Waals surface area (Å²) in [4.78, 5) is 24.7. The van der Waals surface area contributed by atoms with Crippen LogP contribution >= 0.6 is 0 Å². The van der Waals surface area contributed by atoms with Gasteiger partial charge in [-0.15, -0.1) is 0 Å². The van der Waals surface area contributed by atoms with Crippen LogP contribution in [0.3, 0.4) is 0 Å². The maximum Gasteiger partial charge on any atom is 0.310 e. The van der Waals surface area contributed by atoms with E-state index in [2.05, 4.69) is 27.0 Å². The molecule has 0 heterocycles. The van der Waals surface area contributed by atoms with Gasteiger partial charge in [0.1, 0.15) is 13.2 Å². The first-order chi connectivity index (χ1) is 9.95. The van der Waals surface area contributed by atoms with Crippen LogP contribution in [0.4, 0.5) is 0 Å². The van der Waals surface area contributed by atoms with Crippen LogP contribution in [0.2, 0.25) is 0 Å². The van der Waals surface area contributed by atoms with Gasteiger partial charge in [-0.05, 0) is 30.1 Å². The largest absolute Gasteiger partial charge is 0.461 e. The number of carbonyl (C=O) groups is 2. The van der Waals surface area contributed by atoms with Gasteiger partial charge in [-0.1, -0.05) is 39.2 Å². The molecule has 0 radical (unpaired) electrons. The summed E-state index contributed by atoms with van der Waals surface area (Å²) in [6, 6.07) is 0. The maximum absolute atomic E-state index is 12.4. The Kier molecular flexibility index (Phi) is 4.55. The number of hydrogen-bond donors (Lipinski definition) is 0. The van der Waals surface area contributed by atoms with Gasteiger partial charge in [0, 0.05) is 0 Å². The van der Waals surface area contributed by atoms with E-state index in [1.165, 1.54) is 0 Å². The first kappa shape index (κ1) is 15.8. The third-order valence-corrected chi connectivity index (χ3v) is 5.19. The van der Waals surface area contributed by atoms with Crippen LogP contribution in [0.5, 0.6) is 0 Å². The topological polar surface area (TPSA) is 52.6 Å². The number of hydrogen-bond acceptors (Lipinski definition) is 4. The van der Waals surface area contributed by atoms with Crippen LogP contribution in [-0.2, 0) is 19.1 Å². The number of rotatable bonds is 6. The van der Waals surface area contributed by atoms with Crippen molar-refractivity contribution < 1.29 is 19.1 Å². The summed E-state index contributed by atoms with van der Waals surface area (Å²) in [6.45, 7) is 11.8. The highest BCUT2D eigenvalue weighted by molar-refractivity contribution is 5.84. The molecule has 0 N–H and O–H groups in total. The van der Waals surface area contributed by atoms with Crippen LogP contribution in [0, 0.1) is 29.1 Å². The molecule has 0 aromatic carbocycles. The molecule has 2 saturated carbocycles. The maximum atomic E-state index is 12.4. The second-order valence-electron chi connectivity index (χ2n) is 6.50. The summed E-state index contributed by atoms with van der Waals surface area (Å²) in [5.74, 6) is -1.01. The average molecular weight is 292 g/mol. The van der Waals surface area contributed by atoms with Crippen molar-refractivity contribution in [1.82, 2.24) is 0 Å². The number of esters is 2. The Labute approximate surface area is 126 Å². The molecule has 0 aromatic rings. The van der Waals surface area contributed by atoms with Crippen molar-refractivity contribution in [3.8, 4) is 0 Å². The average Bonchev–Trinajstić information content (AvgIpc) is 2.88. The van der Waals surface area contributed by atoms with E-state index in [0.29, 0.717) is 0 Å². The Morgan fingerprint density at radius 2 is 1.38 bits per heavy atom. The van der Waals surface area contributed by atoms with Crippen molar-refractivity contribution in [2.45, 2.75) is 26.7 Å². The summed E-state index contributed by atoms with van der Waals surface area (Å²) in [7, 11) is 0. The van der Waals surface area contributed by atoms with Gasteiger partial charge in [0.2, 0.25) is 0 Å². The zero-order chi connectivity index (χ0) is 15.6. The number of fused-ring (bicyclic) bond motifs is 2. The summed E-state index contributed by atoms with van der Waals surface area (Å²) in [5, 5.41) is 0. The van der Waals surface area contributed by atoms with Crippen molar-refractivity contribution >= 4 is 11.9 Å². The quantitative estimate of drug-likeness (QED) is 0.558. The van der Waals surface area contributed by atoms with Crippen molar-refractivity contribution in [3.05, 3.63) is 25.3 Å². The Morgan fingerprint density at radius 1 is 1.00 bits per heavy atom. The molecule has 0 spiro atoms. The number of carbonyl (C=O) groups excluding carboxylic acids is 2. The minimum atomic E-state index is -0.393. The van der Waals surface area contributed by atoms with Crippen LogP contribution in [0.25, 0.3) is 0 Å². The van der Waals surface area contributed by atoms with Crippen LogP contribution in [0.15, 0.2) is 25.3 Å². The normalized spacial score (nSPS) is 32.5. The third kappa shape index (κ3) is 2.63. The second kappa shape index (κ2) is 6.04. The van der Waals surface area contributed by atoms with Crippen molar-refractivity contribution in [1.29, 1.82) is 0 Å². The predicted octanol–water partition coefficient (Wildman–Crippen LogP) is 2.74. The summed E-state index contributed by atoms with van der Waals surface area (Å²) >= 11 is 0. The summed E-state index contributed by atoms with van der Waals surface area (Å²) in [5.41, 5.74) is -0.0320. The molecule has 0 aromatic heterocycles. The number of ether oxygens (including phenoxy) is 2. The van der Waals surface area contributed by atoms with Gasteiger partial charge in [-0.3, -0.25) is 9.59 Å². The molecular formula is C17H24O4. The molecule has 2 rings (SSSR count). The van der Waals surface area contributed by atoms with Gasteiger partial charge in [0.15, 0.2) is 0 Å². The lowest BCUT2D eigenvalue weighted by molar-refractivity contribution is -0.162. The molecule has 4 atom stereocenters. The minimum absolute atomic E-state index is 0.0320. The fourth-order valence-electron chi connectivity index (χ4n) is 4.26. The van der Waals surface area contributed by atoms with Gasteiger partial charge in [-0.25, -0.2) is 0 Å². The SMILES string of the molecule is C=CCOC(=O)C1C(C(=O)OCC=C)C2CCC1C2(C)C. The lowest BCUT2D eigenvalue weighted by atomic mass is 9.79. The van der Waals surface area contributed by atoms with Gasteiger partial charge in [-0.2, -0.15) is 0 Å². The van der Waals surface area contributed by atoms with E-state index in [-0.39, 0.29) is 42.4 Å². The van der Waals surface area contributed by atoms with E-state index >= 15 is 0 Å². The monoisotopic (exact) mass is 292 g/mol. The second-order valence-corrected chi connectivity index (χ2v) is 6.50. The van der Waals surface area contributed by atoms with E-state index in [1.807, 2.05) is 0 Å². The lowest BCUT2D eigenvalue weighted by Gasteiger charge is -2.27. The zero-order valence-electron chi connectivity index (χ0n) is 12.8. The van der Waals surface area contributed by atoms with E-state index < -0.39 is 11.8 Å². The molecular weight excluding hydrogens is 268 g/mol. The smallest absolute Gasteiger partial charge is 0.310 e. The van der Waals surface area contributed by atoms with E-state index in [0.717, 1.165) is 12.8 Å². The lowest BCUT2D eigenvalue weighted by Crippen LogP contribution is -2.37. The highest BCUT2D eigenvalue weighted by Gasteiger charge is 2.64. The van der Waals surface area contributed by atoms with Gasteiger partial charge in [0.25, 0.3) is 0 Å². The van der Waals surface area contributed by atoms with E-state index in [4.69, 9.17) is 9.47 Å². The molecule has 2 fully saturated rings. The fourth-order valence-corrected chi connectivity index (χ4v) is 4.26. The molecule has 2 aliphatic rings. The Morgan fingerprint density at radius 3 is 1.71 bits per heavy atom. The highest BCUT2D eigenvalue weighted by Crippen LogP contribution is 2.63. The molecule has 116 valence electrons.